The van der Waals surface area contributed by atoms with Crippen molar-refractivity contribution in [3.63, 3.8) is 0 Å². The van der Waals surface area contributed by atoms with Gasteiger partial charge in [0, 0.05) is 0 Å². The minimum Gasteiger partial charge on any atom is -0.190 e. The topological polar surface area (TPSA) is 0 Å². The molecule has 3 heteroatoms. The highest BCUT2D eigenvalue weighted by Gasteiger charge is 2.15. The third-order valence-electron chi connectivity index (χ3n) is 0.367. The molecule has 0 saturated heterocycles. The van der Waals surface area contributed by atoms with Gasteiger partial charge in [-0.1, -0.05) is 6.08 Å². The van der Waals surface area contributed by atoms with Crippen molar-refractivity contribution in [1.29, 1.82) is 0 Å². The SMILES string of the molecule is C/C=C\C(F)(F)S. The predicted octanol–water partition coefficient (Wildman–Crippen LogP) is 2.09. The number of thiol groups is 1. The minimum atomic E-state index is -2.94. The van der Waals surface area contributed by atoms with Crippen LogP contribution in [0.2, 0.25) is 0 Å². The molecular formula is C4H6F2S. The molecule has 0 radical (unpaired) electrons. The van der Waals surface area contributed by atoms with Crippen LogP contribution in [0.15, 0.2) is 12.2 Å². The summed E-state index contributed by atoms with van der Waals surface area (Å²) in [6.45, 7) is 1.52. The van der Waals surface area contributed by atoms with Crippen molar-refractivity contribution in [3.8, 4) is 0 Å². The van der Waals surface area contributed by atoms with Crippen LogP contribution in [0.4, 0.5) is 8.78 Å². The molecule has 0 unspecified atom stereocenters. The lowest BCUT2D eigenvalue weighted by Gasteiger charge is -1.97. The lowest BCUT2D eigenvalue weighted by atomic mass is 10.5. The van der Waals surface area contributed by atoms with Crippen molar-refractivity contribution < 1.29 is 8.78 Å². The normalized spacial score (nSPS) is 13.1. The zero-order chi connectivity index (χ0) is 5.91. The molecule has 0 amide bonds. The van der Waals surface area contributed by atoms with Crippen LogP contribution in [-0.4, -0.2) is 5.25 Å². The first kappa shape index (κ1) is 6.95. The van der Waals surface area contributed by atoms with E-state index in [2.05, 4.69) is 12.6 Å². The fourth-order valence-electron chi connectivity index (χ4n) is 0.201. The van der Waals surface area contributed by atoms with Crippen molar-refractivity contribution >= 4 is 12.6 Å². The molecular weight excluding hydrogens is 118 g/mol. The Bertz CT molecular complexity index is 72.2. The zero-order valence-electron chi connectivity index (χ0n) is 3.86. The van der Waals surface area contributed by atoms with E-state index < -0.39 is 5.25 Å². The van der Waals surface area contributed by atoms with Gasteiger partial charge in [0.2, 0.25) is 0 Å². The van der Waals surface area contributed by atoms with E-state index in [9.17, 15) is 8.78 Å². The van der Waals surface area contributed by atoms with Crippen LogP contribution >= 0.6 is 12.6 Å². The van der Waals surface area contributed by atoms with Gasteiger partial charge in [-0.15, -0.1) is 12.6 Å². The monoisotopic (exact) mass is 124 g/mol. The molecule has 0 bridgehead atoms. The van der Waals surface area contributed by atoms with Gasteiger partial charge in [-0.2, -0.15) is 8.78 Å². The first-order valence-electron chi connectivity index (χ1n) is 1.80. The maximum absolute atomic E-state index is 11.5. The van der Waals surface area contributed by atoms with E-state index in [-0.39, 0.29) is 0 Å². The maximum Gasteiger partial charge on any atom is 0.309 e. The van der Waals surface area contributed by atoms with E-state index in [1.165, 1.54) is 13.0 Å². The van der Waals surface area contributed by atoms with E-state index >= 15 is 0 Å². The first-order valence-corrected chi connectivity index (χ1v) is 2.25. The summed E-state index contributed by atoms with van der Waals surface area (Å²) in [5.41, 5.74) is 0. The molecule has 0 aliphatic heterocycles. The number of alkyl halides is 2. The van der Waals surface area contributed by atoms with E-state index in [1.807, 2.05) is 0 Å². The molecule has 0 nitrogen and oxygen atoms in total. The van der Waals surface area contributed by atoms with Crippen LogP contribution in [0, 0.1) is 0 Å². The smallest absolute Gasteiger partial charge is 0.190 e. The molecule has 0 aliphatic carbocycles. The molecule has 0 aliphatic rings. The molecule has 0 heterocycles. The Morgan fingerprint density at radius 2 is 2.00 bits per heavy atom. The molecule has 42 valence electrons. The van der Waals surface area contributed by atoms with Crippen LogP contribution in [0.1, 0.15) is 6.92 Å². The summed E-state index contributed by atoms with van der Waals surface area (Å²) in [4.78, 5) is 0. The minimum absolute atomic E-state index is 0.718. The second-order valence-corrected chi connectivity index (χ2v) is 1.68. The van der Waals surface area contributed by atoms with Crippen LogP contribution < -0.4 is 0 Å². The average molecular weight is 124 g/mol. The van der Waals surface area contributed by atoms with Gasteiger partial charge in [0.05, 0.1) is 0 Å². The second-order valence-electron chi connectivity index (χ2n) is 1.09. The highest BCUT2D eigenvalue weighted by atomic mass is 32.1. The molecule has 0 fully saturated rings. The Kier molecular flexibility index (Phi) is 2.29. The third-order valence-corrected chi connectivity index (χ3v) is 0.516. The fraction of sp³-hybridized carbons (Fsp3) is 0.500. The summed E-state index contributed by atoms with van der Waals surface area (Å²) in [5.74, 6) is 0. The van der Waals surface area contributed by atoms with Crippen LogP contribution in [0.25, 0.3) is 0 Å². The van der Waals surface area contributed by atoms with Gasteiger partial charge in [-0.3, -0.25) is 0 Å². The highest BCUT2D eigenvalue weighted by molar-refractivity contribution is 7.81. The Hall–Kier alpha value is -0.0500. The van der Waals surface area contributed by atoms with Crippen molar-refractivity contribution in [2.75, 3.05) is 0 Å². The van der Waals surface area contributed by atoms with Crippen LogP contribution in [0.5, 0.6) is 0 Å². The second kappa shape index (κ2) is 2.31. The van der Waals surface area contributed by atoms with Gasteiger partial charge >= 0.3 is 5.25 Å². The van der Waals surface area contributed by atoms with Crippen molar-refractivity contribution in [1.82, 2.24) is 0 Å². The van der Waals surface area contributed by atoms with Gasteiger partial charge in [0.1, 0.15) is 0 Å². The zero-order valence-corrected chi connectivity index (χ0v) is 4.75. The molecule has 0 aromatic rings. The summed E-state index contributed by atoms with van der Waals surface area (Å²) >= 11 is 2.91. The number of halogens is 2. The Morgan fingerprint density at radius 1 is 1.57 bits per heavy atom. The highest BCUT2D eigenvalue weighted by Crippen LogP contribution is 2.18. The average Bonchev–Trinajstić information content (AvgIpc) is 1.30. The number of rotatable bonds is 1. The number of allylic oxidation sites excluding steroid dienone is 1. The molecule has 0 N–H and O–H groups in total. The Morgan fingerprint density at radius 3 is 2.00 bits per heavy atom. The summed E-state index contributed by atoms with van der Waals surface area (Å²) < 4.78 is 23.0. The van der Waals surface area contributed by atoms with Gasteiger partial charge in [0.25, 0.3) is 0 Å². The van der Waals surface area contributed by atoms with E-state index in [0.717, 1.165) is 6.08 Å². The lowest BCUT2D eigenvalue weighted by Crippen LogP contribution is -1.97. The summed E-state index contributed by atoms with van der Waals surface area (Å²) in [7, 11) is 0. The van der Waals surface area contributed by atoms with Crippen molar-refractivity contribution in [3.05, 3.63) is 12.2 Å². The van der Waals surface area contributed by atoms with E-state index in [1.54, 1.807) is 0 Å². The summed E-state index contributed by atoms with van der Waals surface area (Å²) in [6, 6.07) is 0. The molecule has 0 saturated carbocycles. The fourth-order valence-corrected chi connectivity index (χ4v) is 0.350. The van der Waals surface area contributed by atoms with Gasteiger partial charge < -0.3 is 0 Å². The lowest BCUT2D eigenvalue weighted by molar-refractivity contribution is 0.165. The van der Waals surface area contributed by atoms with E-state index in [4.69, 9.17) is 0 Å². The van der Waals surface area contributed by atoms with Crippen molar-refractivity contribution in [2.45, 2.75) is 12.2 Å². The maximum atomic E-state index is 11.5. The third kappa shape index (κ3) is 5.95. The summed E-state index contributed by atoms with van der Waals surface area (Å²) in [6.07, 6.45) is 1.98. The molecule has 0 rings (SSSR count). The molecule has 0 aromatic heterocycles. The van der Waals surface area contributed by atoms with Gasteiger partial charge in [0.15, 0.2) is 0 Å². The molecule has 0 spiro atoms. The van der Waals surface area contributed by atoms with Crippen LogP contribution in [0.3, 0.4) is 0 Å². The molecule has 0 aromatic carbocycles. The number of hydrogen-bond acceptors (Lipinski definition) is 1. The standard InChI is InChI=1S/C4H6F2S/c1-2-3-4(5,6)7/h2-3,7H,1H3/b3-2-. The Labute approximate surface area is 46.6 Å². The molecule has 0 atom stereocenters. The van der Waals surface area contributed by atoms with Gasteiger partial charge in [-0.05, 0) is 13.0 Å². The quantitative estimate of drug-likeness (QED) is 0.401. The number of hydrogen-bond donors (Lipinski definition) is 1. The predicted molar refractivity (Wildman–Crippen MR) is 28.7 cm³/mol. The van der Waals surface area contributed by atoms with Gasteiger partial charge in [-0.25, -0.2) is 0 Å². The van der Waals surface area contributed by atoms with Crippen molar-refractivity contribution in [2.24, 2.45) is 0 Å². The Balaban J connectivity index is 3.56. The summed E-state index contributed by atoms with van der Waals surface area (Å²) in [5, 5.41) is -2.94. The molecule has 7 heavy (non-hydrogen) atoms. The first-order chi connectivity index (χ1) is 3.06. The van der Waals surface area contributed by atoms with E-state index in [0.29, 0.717) is 0 Å². The van der Waals surface area contributed by atoms with Crippen LogP contribution in [-0.2, 0) is 0 Å². The largest absolute Gasteiger partial charge is 0.309 e.